The number of quaternary nitrogens is 1. The zero-order valence-electron chi connectivity index (χ0n) is 40.8. The Balaban J connectivity index is 4.43. The molecular formula is C54H94N2O6P+. The number of carbonyl (C=O) groups is 1. The molecule has 3 N–H and O–H groups in total. The van der Waals surface area contributed by atoms with Gasteiger partial charge < -0.3 is 19.8 Å². The average molecular weight is 898 g/mol. The molecule has 63 heavy (non-hydrogen) atoms. The number of hydrogen-bond acceptors (Lipinski definition) is 5. The molecule has 0 aromatic rings. The number of nitrogens with zero attached hydrogens (tertiary/aromatic N) is 1. The lowest BCUT2D eigenvalue weighted by atomic mass is 10.0. The van der Waals surface area contributed by atoms with E-state index in [9.17, 15) is 19.4 Å². The van der Waals surface area contributed by atoms with Gasteiger partial charge in [-0.25, -0.2) is 4.57 Å². The molecule has 0 fully saturated rings. The van der Waals surface area contributed by atoms with Gasteiger partial charge in [-0.2, -0.15) is 0 Å². The largest absolute Gasteiger partial charge is 0.472 e. The number of amides is 1. The highest BCUT2D eigenvalue weighted by Gasteiger charge is 2.27. The van der Waals surface area contributed by atoms with Gasteiger partial charge in [-0.05, 0) is 83.5 Å². The molecule has 0 aliphatic rings. The van der Waals surface area contributed by atoms with Gasteiger partial charge in [-0.3, -0.25) is 13.8 Å². The Morgan fingerprint density at radius 2 is 0.952 bits per heavy atom. The van der Waals surface area contributed by atoms with Gasteiger partial charge in [0.05, 0.1) is 39.9 Å². The summed E-state index contributed by atoms with van der Waals surface area (Å²) in [5, 5.41) is 13.8. The van der Waals surface area contributed by atoms with Crippen molar-refractivity contribution in [1.82, 2.24) is 5.32 Å². The normalized spacial score (nSPS) is 15.1. The number of allylic oxidation sites excluding steroid dienone is 17. The summed E-state index contributed by atoms with van der Waals surface area (Å²) in [5.41, 5.74) is 0. The van der Waals surface area contributed by atoms with Crippen LogP contribution in [0.5, 0.6) is 0 Å². The van der Waals surface area contributed by atoms with Crippen molar-refractivity contribution in [1.29, 1.82) is 0 Å². The second-order valence-corrected chi connectivity index (χ2v) is 18.9. The summed E-state index contributed by atoms with van der Waals surface area (Å²) in [4.78, 5) is 23.2. The summed E-state index contributed by atoms with van der Waals surface area (Å²) in [6, 6.07) is -0.877. The van der Waals surface area contributed by atoms with E-state index >= 15 is 0 Å². The quantitative estimate of drug-likeness (QED) is 0.0244. The number of carbonyl (C=O) groups excluding carboxylic acids is 1. The molecule has 0 aliphatic carbocycles. The number of unbranched alkanes of at least 4 members (excludes halogenated alkanes) is 14. The van der Waals surface area contributed by atoms with Crippen LogP contribution < -0.4 is 5.32 Å². The van der Waals surface area contributed by atoms with Crippen molar-refractivity contribution >= 4 is 13.7 Å². The molecule has 0 aliphatic heterocycles. The third kappa shape index (κ3) is 47.0. The minimum absolute atomic E-state index is 0.0465. The van der Waals surface area contributed by atoms with Gasteiger partial charge in [-0.1, -0.05) is 194 Å². The maximum Gasteiger partial charge on any atom is 0.472 e. The van der Waals surface area contributed by atoms with Crippen molar-refractivity contribution in [3.8, 4) is 0 Å². The van der Waals surface area contributed by atoms with Gasteiger partial charge in [0, 0.05) is 6.42 Å². The van der Waals surface area contributed by atoms with Crippen molar-refractivity contribution in [3.63, 3.8) is 0 Å². The van der Waals surface area contributed by atoms with Crippen LogP contribution in [-0.2, 0) is 18.4 Å². The fourth-order valence-corrected chi connectivity index (χ4v) is 7.08. The van der Waals surface area contributed by atoms with Gasteiger partial charge in [0.1, 0.15) is 13.2 Å². The Morgan fingerprint density at radius 3 is 1.40 bits per heavy atom. The van der Waals surface area contributed by atoms with Crippen molar-refractivity contribution < 1.29 is 32.9 Å². The molecule has 0 aromatic heterocycles. The molecule has 3 unspecified atom stereocenters. The standard InChI is InChI=1S/C54H93N2O6P/c1-6-8-10-12-14-16-18-20-22-23-24-25-26-27-28-29-30-31-32-33-34-36-38-40-42-44-46-48-54(58)55-52(51-62-63(59,60)61-50-49-56(3,4)5)53(57)47-45-43-41-39-37-35-21-19-17-15-13-11-9-7-2/h8,10,14,16,20,22,24-25,27-28,30-31,33-34,38,40,45,47,52-53,57H,6-7,9,11-13,15,17-19,21,23,26,29,32,35-37,39,41-44,46,48-51H2,1-5H3,(H-,55,58,59,60)/p+1/b10-8-,16-14-,22-20-,25-24-,28-27-,31-30-,34-33-,40-38-,47-45+. The second-order valence-electron chi connectivity index (χ2n) is 17.5. The topological polar surface area (TPSA) is 105 Å². The summed E-state index contributed by atoms with van der Waals surface area (Å²) in [6.45, 7) is 4.64. The van der Waals surface area contributed by atoms with E-state index in [-0.39, 0.29) is 19.1 Å². The highest BCUT2D eigenvalue weighted by atomic mass is 31.2. The SMILES string of the molecule is CC/C=C\C/C=C\C/C=C\C/C=C\C/C=C\C/C=C\C/C=C\C/C=C\CCCCC(=O)NC(COP(=O)(O)OCC[N+](C)(C)C)C(O)/C=C/CCCCCCCCCCCCCC. The highest BCUT2D eigenvalue weighted by molar-refractivity contribution is 7.47. The molecule has 8 nitrogen and oxygen atoms in total. The predicted molar refractivity (Wildman–Crippen MR) is 272 cm³/mol. The van der Waals surface area contributed by atoms with Crippen LogP contribution >= 0.6 is 7.82 Å². The van der Waals surface area contributed by atoms with Crippen LogP contribution in [-0.4, -0.2) is 73.4 Å². The van der Waals surface area contributed by atoms with Gasteiger partial charge in [0.15, 0.2) is 0 Å². The van der Waals surface area contributed by atoms with Crippen molar-refractivity contribution in [2.24, 2.45) is 0 Å². The van der Waals surface area contributed by atoms with E-state index in [0.29, 0.717) is 23.9 Å². The fourth-order valence-electron chi connectivity index (χ4n) is 6.35. The van der Waals surface area contributed by atoms with Gasteiger partial charge in [0.25, 0.3) is 0 Å². The molecule has 0 radical (unpaired) electrons. The Morgan fingerprint density at radius 1 is 0.556 bits per heavy atom. The Bertz CT molecular complexity index is 1390. The van der Waals surface area contributed by atoms with E-state index in [1.165, 1.54) is 64.2 Å². The molecular weight excluding hydrogens is 804 g/mol. The first-order valence-electron chi connectivity index (χ1n) is 24.8. The van der Waals surface area contributed by atoms with E-state index in [0.717, 1.165) is 83.5 Å². The molecule has 360 valence electrons. The lowest BCUT2D eigenvalue weighted by molar-refractivity contribution is -0.870. The predicted octanol–water partition coefficient (Wildman–Crippen LogP) is 14.5. The van der Waals surface area contributed by atoms with Crippen molar-refractivity contribution in [2.45, 2.75) is 187 Å². The van der Waals surface area contributed by atoms with E-state index in [4.69, 9.17) is 9.05 Å². The lowest BCUT2D eigenvalue weighted by Crippen LogP contribution is -2.45. The Hall–Kier alpha value is -2.84. The third-order valence-electron chi connectivity index (χ3n) is 10.2. The Labute approximate surface area is 387 Å². The molecule has 0 spiro atoms. The van der Waals surface area contributed by atoms with Crippen molar-refractivity contribution in [2.75, 3.05) is 40.9 Å². The number of aliphatic hydroxyl groups is 1. The molecule has 0 heterocycles. The summed E-state index contributed by atoms with van der Waals surface area (Å²) in [7, 11) is 1.52. The van der Waals surface area contributed by atoms with Crippen LogP contribution in [0.3, 0.4) is 0 Å². The summed E-state index contributed by atoms with van der Waals surface area (Å²) in [5.74, 6) is -0.225. The molecule has 0 bridgehead atoms. The monoisotopic (exact) mass is 898 g/mol. The number of likely N-dealkylation sites (N-methyl/N-ethyl adjacent to an activating group) is 1. The van der Waals surface area contributed by atoms with E-state index in [1.54, 1.807) is 6.08 Å². The maximum absolute atomic E-state index is 12.9. The van der Waals surface area contributed by atoms with Crippen LogP contribution in [0.25, 0.3) is 0 Å². The highest BCUT2D eigenvalue weighted by Crippen LogP contribution is 2.43. The Kier molecular flexibility index (Phi) is 42.4. The van der Waals surface area contributed by atoms with Gasteiger partial charge >= 0.3 is 7.82 Å². The van der Waals surface area contributed by atoms with Gasteiger partial charge in [-0.15, -0.1) is 0 Å². The minimum Gasteiger partial charge on any atom is -0.387 e. The maximum atomic E-state index is 12.9. The summed E-state index contributed by atoms with van der Waals surface area (Å²) in [6.07, 6.45) is 64.5. The molecule has 0 aromatic carbocycles. The molecule has 1 amide bonds. The third-order valence-corrected chi connectivity index (χ3v) is 11.2. The first kappa shape index (κ1) is 60.2. The number of rotatable bonds is 43. The van der Waals surface area contributed by atoms with E-state index in [2.05, 4.69) is 116 Å². The molecule has 0 rings (SSSR count). The van der Waals surface area contributed by atoms with E-state index in [1.807, 2.05) is 27.2 Å². The van der Waals surface area contributed by atoms with E-state index < -0.39 is 20.0 Å². The van der Waals surface area contributed by atoms with Crippen molar-refractivity contribution in [3.05, 3.63) is 109 Å². The number of hydrogen-bond donors (Lipinski definition) is 3. The first-order chi connectivity index (χ1) is 30.5. The zero-order chi connectivity index (χ0) is 46.4. The molecule has 0 saturated heterocycles. The lowest BCUT2D eigenvalue weighted by Gasteiger charge is -2.25. The molecule has 0 saturated carbocycles. The number of nitrogens with one attached hydrogen (secondary N) is 1. The molecule has 9 heteroatoms. The van der Waals surface area contributed by atoms with Crippen LogP contribution in [0.15, 0.2) is 109 Å². The van der Waals surface area contributed by atoms with Crippen LogP contribution in [0.2, 0.25) is 0 Å². The summed E-state index contributed by atoms with van der Waals surface area (Å²) < 4.78 is 23.6. The number of phosphoric ester groups is 1. The van der Waals surface area contributed by atoms with Gasteiger partial charge in [0.2, 0.25) is 5.91 Å². The zero-order valence-corrected chi connectivity index (χ0v) is 41.7. The van der Waals surface area contributed by atoms with Crippen LogP contribution in [0.4, 0.5) is 0 Å². The fraction of sp³-hybridized carbons (Fsp3) is 0.648. The summed E-state index contributed by atoms with van der Waals surface area (Å²) >= 11 is 0. The average Bonchev–Trinajstić information content (AvgIpc) is 3.24. The van der Waals surface area contributed by atoms with Crippen LogP contribution in [0, 0.1) is 0 Å². The first-order valence-corrected chi connectivity index (χ1v) is 26.3. The number of aliphatic hydroxyl groups excluding tert-OH is 1. The second kappa shape index (κ2) is 44.4. The molecule has 3 atom stereocenters. The van der Waals surface area contributed by atoms with Crippen LogP contribution in [0.1, 0.15) is 174 Å². The smallest absolute Gasteiger partial charge is 0.387 e. The minimum atomic E-state index is -4.36. The number of phosphoric acid groups is 1.